The van der Waals surface area contributed by atoms with Crippen molar-refractivity contribution in [1.82, 2.24) is 14.9 Å². The third-order valence-corrected chi connectivity index (χ3v) is 8.21. The second kappa shape index (κ2) is 8.83. The summed E-state index contributed by atoms with van der Waals surface area (Å²) in [6.07, 6.45) is 4.91. The average Bonchev–Trinajstić information content (AvgIpc) is 3.52. The van der Waals surface area contributed by atoms with E-state index in [9.17, 15) is 0 Å². The van der Waals surface area contributed by atoms with Gasteiger partial charge >= 0.3 is 0 Å². The standard InChI is InChI=1S/C23H28N4OS2/c1-28-14-20-24-22(27-12-18(19(13-27)29-2)26-10-6-7-11-26)21-17(15-30-23(21)25-20)16-8-4-3-5-9-16/h3-5,8-9,15,18-19H,6-7,10-14H2,1-2H3/t18-,19+/m1/s1. The first-order chi connectivity index (χ1) is 14.8. The Hall–Kier alpha value is -1.67. The van der Waals surface area contributed by atoms with Crippen LogP contribution in [0.1, 0.15) is 18.7 Å². The lowest BCUT2D eigenvalue weighted by molar-refractivity contribution is 0.178. The highest BCUT2D eigenvalue weighted by Gasteiger charge is 2.38. The van der Waals surface area contributed by atoms with Crippen LogP contribution in [0, 0.1) is 0 Å². The lowest BCUT2D eigenvalue weighted by atomic mass is 10.1. The summed E-state index contributed by atoms with van der Waals surface area (Å²) in [7, 11) is 1.71. The van der Waals surface area contributed by atoms with Crippen molar-refractivity contribution in [2.75, 3.05) is 44.4 Å². The first kappa shape index (κ1) is 20.2. The van der Waals surface area contributed by atoms with Crippen LogP contribution in [0.25, 0.3) is 21.3 Å². The molecule has 0 N–H and O–H groups in total. The van der Waals surface area contributed by atoms with Crippen LogP contribution < -0.4 is 4.90 Å². The van der Waals surface area contributed by atoms with Crippen LogP contribution in [0.3, 0.4) is 0 Å². The number of methoxy groups -OCH3 is 1. The molecule has 0 bridgehead atoms. The summed E-state index contributed by atoms with van der Waals surface area (Å²) in [6, 6.07) is 11.2. The number of ether oxygens (including phenoxy) is 1. The Balaban J connectivity index is 1.59. The number of nitrogens with zero attached hydrogens (tertiary/aromatic N) is 4. The van der Waals surface area contributed by atoms with Gasteiger partial charge in [0.1, 0.15) is 17.3 Å². The molecule has 0 amide bonds. The molecule has 2 aliphatic rings. The van der Waals surface area contributed by atoms with Crippen molar-refractivity contribution in [3.63, 3.8) is 0 Å². The van der Waals surface area contributed by atoms with E-state index in [1.165, 1.54) is 42.4 Å². The molecule has 1 aromatic carbocycles. The maximum atomic E-state index is 5.38. The van der Waals surface area contributed by atoms with Gasteiger partial charge in [-0.05, 0) is 37.8 Å². The van der Waals surface area contributed by atoms with Crippen molar-refractivity contribution in [2.24, 2.45) is 0 Å². The number of thioether (sulfide) groups is 1. The van der Waals surface area contributed by atoms with Crippen molar-refractivity contribution >= 4 is 39.1 Å². The molecule has 0 spiro atoms. The van der Waals surface area contributed by atoms with Crippen molar-refractivity contribution < 1.29 is 4.74 Å². The maximum Gasteiger partial charge on any atom is 0.158 e. The second-order valence-electron chi connectivity index (χ2n) is 8.08. The SMILES string of the molecule is COCc1nc(N2C[C@H](SC)[C@H](N3CCCC3)C2)c2c(-c3ccccc3)csc2n1. The van der Waals surface area contributed by atoms with Gasteiger partial charge in [0.2, 0.25) is 0 Å². The average molecular weight is 441 g/mol. The number of thiophene rings is 1. The van der Waals surface area contributed by atoms with E-state index in [0.717, 1.165) is 29.6 Å². The van der Waals surface area contributed by atoms with Crippen molar-refractivity contribution in [2.45, 2.75) is 30.7 Å². The van der Waals surface area contributed by atoms with Gasteiger partial charge in [-0.2, -0.15) is 11.8 Å². The van der Waals surface area contributed by atoms with Crippen LogP contribution in [-0.4, -0.2) is 65.7 Å². The largest absolute Gasteiger partial charge is 0.377 e. The topological polar surface area (TPSA) is 41.5 Å². The summed E-state index contributed by atoms with van der Waals surface area (Å²) in [5.41, 5.74) is 2.46. The van der Waals surface area contributed by atoms with Crippen LogP contribution >= 0.6 is 23.1 Å². The van der Waals surface area contributed by atoms with E-state index in [4.69, 9.17) is 14.7 Å². The van der Waals surface area contributed by atoms with Gasteiger partial charge in [-0.15, -0.1) is 11.3 Å². The van der Waals surface area contributed by atoms with Crippen LogP contribution in [0.5, 0.6) is 0 Å². The summed E-state index contributed by atoms with van der Waals surface area (Å²) >= 11 is 3.70. The third kappa shape index (κ3) is 3.73. The Labute approximate surface area is 186 Å². The zero-order chi connectivity index (χ0) is 20.5. The number of benzene rings is 1. The van der Waals surface area contributed by atoms with Crippen molar-refractivity contribution in [1.29, 1.82) is 0 Å². The molecule has 0 unspecified atom stereocenters. The molecule has 5 rings (SSSR count). The summed E-state index contributed by atoms with van der Waals surface area (Å²) in [5.74, 6) is 1.85. The summed E-state index contributed by atoms with van der Waals surface area (Å²) in [5, 5.41) is 4.03. The predicted octanol–water partition coefficient (Wildman–Crippen LogP) is 4.52. The Morgan fingerprint density at radius 2 is 1.93 bits per heavy atom. The first-order valence-corrected chi connectivity index (χ1v) is 12.8. The molecular weight excluding hydrogens is 412 g/mol. The first-order valence-electron chi connectivity index (χ1n) is 10.6. The van der Waals surface area contributed by atoms with Crippen molar-refractivity contribution in [3.05, 3.63) is 41.5 Å². The second-order valence-corrected chi connectivity index (χ2v) is 10.0. The Bertz CT molecular complexity index is 1000. The van der Waals surface area contributed by atoms with Gasteiger partial charge in [0.15, 0.2) is 5.82 Å². The summed E-state index contributed by atoms with van der Waals surface area (Å²) in [4.78, 5) is 16.1. The van der Waals surface area contributed by atoms with E-state index in [2.05, 4.69) is 51.8 Å². The van der Waals surface area contributed by atoms with Gasteiger partial charge in [-0.25, -0.2) is 9.97 Å². The number of anilines is 1. The highest BCUT2D eigenvalue weighted by molar-refractivity contribution is 7.99. The Kier molecular flexibility index (Phi) is 5.96. The number of likely N-dealkylation sites (tertiary alicyclic amines) is 1. The number of hydrogen-bond donors (Lipinski definition) is 0. The highest BCUT2D eigenvalue weighted by atomic mass is 32.2. The van der Waals surface area contributed by atoms with Gasteiger partial charge in [0.25, 0.3) is 0 Å². The smallest absolute Gasteiger partial charge is 0.158 e. The van der Waals surface area contributed by atoms with Gasteiger partial charge in [-0.1, -0.05) is 30.3 Å². The monoisotopic (exact) mass is 440 g/mol. The Morgan fingerprint density at radius 1 is 1.13 bits per heavy atom. The molecule has 2 atom stereocenters. The van der Waals surface area contributed by atoms with Gasteiger partial charge in [0, 0.05) is 42.4 Å². The molecule has 0 saturated carbocycles. The minimum atomic E-state index is 0.441. The van der Waals surface area contributed by atoms with Gasteiger partial charge in [0.05, 0.1) is 5.39 Å². The van der Waals surface area contributed by atoms with E-state index in [-0.39, 0.29) is 0 Å². The number of rotatable bonds is 6. The summed E-state index contributed by atoms with van der Waals surface area (Å²) < 4.78 is 5.38. The highest BCUT2D eigenvalue weighted by Crippen LogP contribution is 2.40. The lowest BCUT2D eigenvalue weighted by Crippen LogP contribution is -2.40. The molecule has 2 aliphatic heterocycles. The van der Waals surface area contributed by atoms with Gasteiger partial charge < -0.3 is 9.64 Å². The van der Waals surface area contributed by atoms with Crippen LogP contribution in [0.4, 0.5) is 5.82 Å². The fraction of sp³-hybridized carbons (Fsp3) is 0.478. The fourth-order valence-corrected chi connectivity index (χ4v) is 6.67. The fourth-order valence-electron chi connectivity index (χ4n) is 4.80. The molecule has 2 fully saturated rings. The van der Waals surface area contributed by atoms with Gasteiger partial charge in [-0.3, -0.25) is 4.90 Å². The van der Waals surface area contributed by atoms with E-state index < -0.39 is 0 Å². The van der Waals surface area contributed by atoms with E-state index in [0.29, 0.717) is 17.9 Å². The lowest BCUT2D eigenvalue weighted by Gasteiger charge is -2.27. The van der Waals surface area contributed by atoms with Crippen LogP contribution in [-0.2, 0) is 11.3 Å². The summed E-state index contributed by atoms with van der Waals surface area (Å²) in [6.45, 7) is 4.98. The zero-order valence-corrected chi connectivity index (χ0v) is 19.2. The number of aromatic nitrogens is 2. The minimum absolute atomic E-state index is 0.441. The Morgan fingerprint density at radius 3 is 2.67 bits per heavy atom. The molecule has 2 aromatic heterocycles. The van der Waals surface area contributed by atoms with E-state index in [1.807, 2.05) is 11.8 Å². The number of hydrogen-bond acceptors (Lipinski definition) is 7. The predicted molar refractivity (Wildman–Crippen MR) is 128 cm³/mol. The molecule has 0 aliphatic carbocycles. The molecular formula is C23H28N4OS2. The molecule has 4 heterocycles. The number of fused-ring (bicyclic) bond motifs is 1. The zero-order valence-electron chi connectivity index (χ0n) is 17.6. The van der Waals surface area contributed by atoms with E-state index in [1.54, 1.807) is 18.4 Å². The quantitative estimate of drug-likeness (QED) is 0.561. The van der Waals surface area contributed by atoms with E-state index >= 15 is 0 Å². The molecule has 2 saturated heterocycles. The normalized spacial score (nSPS) is 22.4. The maximum absolute atomic E-state index is 5.38. The minimum Gasteiger partial charge on any atom is -0.377 e. The molecule has 30 heavy (non-hydrogen) atoms. The molecule has 158 valence electrons. The van der Waals surface area contributed by atoms with Crippen LogP contribution in [0.15, 0.2) is 35.7 Å². The van der Waals surface area contributed by atoms with Crippen molar-refractivity contribution in [3.8, 4) is 11.1 Å². The third-order valence-electron chi connectivity index (χ3n) is 6.27. The molecule has 0 radical (unpaired) electrons. The molecule has 3 aromatic rings. The molecule has 5 nitrogen and oxygen atoms in total. The molecule has 7 heteroatoms. The van der Waals surface area contributed by atoms with Crippen LogP contribution in [0.2, 0.25) is 0 Å².